The lowest BCUT2D eigenvalue weighted by molar-refractivity contribution is -0.118. The molecular weight excluding hydrogens is 380 g/mol. The fourth-order valence-electron chi connectivity index (χ4n) is 2.46. The fourth-order valence-corrected chi connectivity index (χ4v) is 2.69. The van der Waals surface area contributed by atoms with Gasteiger partial charge in [0.2, 0.25) is 5.91 Å². The Balaban J connectivity index is 1.76. The molecule has 0 unspecified atom stereocenters. The molecule has 0 saturated carbocycles. The van der Waals surface area contributed by atoms with Gasteiger partial charge >= 0.3 is 6.61 Å². The van der Waals surface area contributed by atoms with Crippen LogP contribution in [0.4, 0.5) is 20.2 Å². The molecular formula is C18H14ClF2N3O3. The number of halogens is 3. The second kappa shape index (κ2) is 8.13. The first-order valence-corrected chi connectivity index (χ1v) is 8.33. The molecule has 140 valence electrons. The van der Waals surface area contributed by atoms with E-state index in [9.17, 15) is 18.4 Å². The summed E-state index contributed by atoms with van der Waals surface area (Å²) in [6, 6.07) is 12.7. The molecule has 0 spiro atoms. The van der Waals surface area contributed by atoms with Crippen LogP contribution < -0.4 is 15.1 Å². The van der Waals surface area contributed by atoms with Gasteiger partial charge < -0.3 is 10.1 Å². The van der Waals surface area contributed by atoms with Gasteiger partial charge in [0.1, 0.15) is 11.5 Å². The maximum absolute atomic E-state index is 12.5. The topological polar surface area (TPSA) is 71.0 Å². The van der Waals surface area contributed by atoms with Crippen LogP contribution in [0.1, 0.15) is 12.8 Å². The summed E-state index contributed by atoms with van der Waals surface area (Å²) < 4.78 is 28.8. The fraction of sp³-hybridized carbons (Fsp3) is 0.167. The quantitative estimate of drug-likeness (QED) is 0.832. The number of ether oxygens (including phenoxy) is 1. The molecule has 3 rings (SSSR count). The molecule has 6 nitrogen and oxygen atoms in total. The molecule has 27 heavy (non-hydrogen) atoms. The Labute approximate surface area is 158 Å². The van der Waals surface area contributed by atoms with E-state index in [1.165, 1.54) is 23.2 Å². The van der Waals surface area contributed by atoms with Crippen molar-refractivity contribution in [2.24, 2.45) is 5.10 Å². The third-order valence-corrected chi connectivity index (χ3v) is 4.00. The Kier molecular flexibility index (Phi) is 5.66. The number of nitrogens with one attached hydrogen (secondary N) is 1. The number of rotatable bonds is 5. The monoisotopic (exact) mass is 393 g/mol. The van der Waals surface area contributed by atoms with Gasteiger partial charge in [0.05, 0.1) is 10.7 Å². The van der Waals surface area contributed by atoms with Crippen LogP contribution in [-0.4, -0.2) is 24.1 Å². The molecule has 2 aromatic carbocycles. The number of nitrogens with zero attached hydrogens (tertiary/aromatic N) is 2. The number of hydrogen-bond acceptors (Lipinski definition) is 4. The van der Waals surface area contributed by atoms with Crippen molar-refractivity contribution in [1.29, 1.82) is 0 Å². The Bertz CT molecular complexity index is 891. The van der Waals surface area contributed by atoms with Gasteiger partial charge in [-0.25, -0.2) is 5.01 Å². The molecule has 0 aliphatic carbocycles. The number of benzene rings is 2. The normalized spacial score (nSPS) is 14.1. The molecule has 1 heterocycles. The van der Waals surface area contributed by atoms with Gasteiger partial charge in [-0.1, -0.05) is 29.8 Å². The van der Waals surface area contributed by atoms with E-state index in [0.717, 1.165) is 0 Å². The Morgan fingerprint density at radius 3 is 2.59 bits per heavy atom. The standard InChI is InChI=1S/C18H14ClF2N3O3/c19-13-10-11(6-8-15(13)27-18(20)21)22-17(26)14-7-9-16(25)24(23-14)12-4-2-1-3-5-12/h1-6,8,10,18H,7,9H2,(H,22,26). The summed E-state index contributed by atoms with van der Waals surface area (Å²) in [5.74, 6) is -0.920. The van der Waals surface area contributed by atoms with E-state index in [4.69, 9.17) is 11.6 Å². The van der Waals surface area contributed by atoms with Crippen molar-refractivity contribution in [2.75, 3.05) is 10.3 Å². The van der Waals surface area contributed by atoms with Crippen molar-refractivity contribution in [3.63, 3.8) is 0 Å². The second-order valence-electron chi connectivity index (χ2n) is 5.57. The summed E-state index contributed by atoms with van der Waals surface area (Å²) in [7, 11) is 0. The highest BCUT2D eigenvalue weighted by Crippen LogP contribution is 2.29. The van der Waals surface area contributed by atoms with Crippen molar-refractivity contribution in [2.45, 2.75) is 19.5 Å². The lowest BCUT2D eigenvalue weighted by Crippen LogP contribution is -2.36. The summed E-state index contributed by atoms with van der Waals surface area (Å²) in [4.78, 5) is 24.5. The minimum Gasteiger partial charge on any atom is -0.433 e. The molecule has 0 radical (unpaired) electrons. The highest BCUT2D eigenvalue weighted by atomic mass is 35.5. The summed E-state index contributed by atoms with van der Waals surface area (Å²) in [5, 5.41) is 7.84. The average molecular weight is 394 g/mol. The average Bonchev–Trinajstić information content (AvgIpc) is 2.64. The maximum Gasteiger partial charge on any atom is 0.387 e. The van der Waals surface area contributed by atoms with E-state index in [1.807, 2.05) is 0 Å². The van der Waals surface area contributed by atoms with Crippen molar-refractivity contribution in [3.05, 3.63) is 53.6 Å². The number of carbonyl (C=O) groups excluding carboxylic acids is 2. The van der Waals surface area contributed by atoms with Gasteiger partial charge in [-0.3, -0.25) is 9.59 Å². The number of carbonyl (C=O) groups is 2. The summed E-state index contributed by atoms with van der Waals surface area (Å²) in [5.41, 5.74) is 1.02. The van der Waals surface area contributed by atoms with Crippen LogP contribution >= 0.6 is 11.6 Å². The minimum atomic E-state index is -3.00. The molecule has 9 heteroatoms. The van der Waals surface area contributed by atoms with E-state index in [2.05, 4.69) is 15.2 Å². The Morgan fingerprint density at radius 2 is 1.93 bits per heavy atom. The van der Waals surface area contributed by atoms with Crippen molar-refractivity contribution < 1.29 is 23.1 Å². The third kappa shape index (κ3) is 4.59. The Morgan fingerprint density at radius 1 is 1.19 bits per heavy atom. The zero-order valence-electron chi connectivity index (χ0n) is 13.9. The van der Waals surface area contributed by atoms with E-state index in [1.54, 1.807) is 30.3 Å². The molecule has 0 fully saturated rings. The van der Waals surface area contributed by atoms with Gasteiger partial charge in [0.15, 0.2) is 0 Å². The zero-order valence-corrected chi connectivity index (χ0v) is 14.6. The van der Waals surface area contributed by atoms with Crippen LogP contribution in [0.2, 0.25) is 5.02 Å². The molecule has 1 aliphatic heterocycles. The first-order valence-electron chi connectivity index (χ1n) is 7.95. The number of hydrogen-bond donors (Lipinski definition) is 1. The third-order valence-electron chi connectivity index (χ3n) is 3.70. The predicted molar refractivity (Wildman–Crippen MR) is 97.3 cm³/mol. The molecule has 0 aromatic heterocycles. The highest BCUT2D eigenvalue weighted by molar-refractivity contribution is 6.44. The van der Waals surface area contributed by atoms with Gasteiger partial charge in [0, 0.05) is 18.5 Å². The first kappa shape index (κ1) is 18.8. The van der Waals surface area contributed by atoms with Crippen LogP contribution in [-0.2, 0) is 9.59 Å². The molecule has 2 amide bonds. The maximum atomic E-state index is 12.5. The van der Waals surface area contributed by atoms with E-state index in [0.29, 0.717) is 5.69 Å². The summed E-state index contributed by atoms with van der Waals surface area (Å²) in [6.07, 6.45) is 0.331. The van der Waals surface area contributed by atoms with Gasteiger partial charge in [-0.2, -0.15) is 13.9 Å². The summed E-state index contributed by atoms with van der Waals surface area (Å²) in [6.45, 7) is -3.00. The molecule has 0 saturated heterocycles. The van der Waals surface area contributed by atoms with Crippen LogP contribution in [0.5, 0.6) is 5.75 Å². The van der Waals surface area contributed by atoms with Gasteiger partial charge in [-0.15, -0.1) is 0 Å². The number of hydrazone groups is 1. The van der Waals surface area contributed by atoms with Crippen LogP contribution in [0.3, 0.4) is 0 Å². The lowest BCUT2D eigenvalue weighted by atomic mass is 10.1. The van der Waals surface area contributed by atoms with E-state index in [-0.39, 0.29) is 40.9 Å². The second-order valence-corrected chi connectivity index (χ2v) is 5.97. The highest BCUT2D eigenvalue weighted by Gasteiger charge is 2.25. The first-order chi connectivity index (χ1) is 12.9. The van der Waals surface area contributed by atoms with Crippen LogP contribution in [0.25, 0.3) is 0 Å². The van der Waals surface area contributed by atoms with Crippen molar-refractivity contribution in [1.82, 2.24) is 0 Å². The smallest absolute Gasteiger partial charge is 0.387 e. The minimum absolute atomic E-state index is 0.0697. The van der Waals surface area contributed by atoms with Crippen molar-refractivity contribution in [3.8, 4) is 5.75 Å². The lowest BCUT2D eigenvalue weighted by Gasteiger charge is -2.23. The Hall–Kier alpha value is -3.00. The molecule has 0 bridgehead atoms. The number of alkyl halides is 2. The predicted octanol–water partition coefficient (Wildman–Crippen LogP) is 4.06. The SMILES string of the molecule is O=C(Nc1ccc(OC(F)F)c(Cl)c1)C1=NN(c2ccccc2)C(=O)CC1. The van der Waals surface area contributed by atoms with E-state index >= 15 is 0 Å². The zero-order chi connectivity index (χ0) is 19.4. The van der Waals surface area contributed by atoms with E-state index < -0.39 is 12.5 Å². The molecule has 1 N–H and O–H groups in total. The summed E-state index contributed by atoms with van der Waals surface area (Å²) >= 11 is 5.87. The number of anilines is 2. The molecule has 0 atom stereocenters. The van der Waals surface area contributed by atoms with Crippen LogP contribution in [0.15, 0.2) is 53.6 Å². The van der Waals surface area contributed by atoms with Crippen molar-refractivity contribution >= 4 is 40.5 Å². The number of para-hydroxylation sites is 1. The van der Waals surface area contributed by atoms with Gasteiger partial charge in [0.25, 0.3) is 5.91 Å². The number of amides is 2. The molecule has 2 aromatic rings. The molecule has 1 aliphatic rings. The van der Waals surface area contributed by atoms with Crippen LogP contribution in [0, 0.1) is 0 Å². The van der Waals surface area contributed by atoms with Gasteiger partial charge in [-0.05, 0) is 30.3 Å². The largest absolute Gasteiger partial charge is 0.433 e.